The van der Waals surface area contributed by atoms with Gasteiger partial charge in [0.25, 0.3) is 0 Å². The number of hydrogen-bond donors (Lipinski definition) is 2. The van der Waals surface area contributed by atoms with Crippen LogP contribution in [-0.4, -0.2) is 86.1 Å². The zero-order valence-corrected chi connectivity index (χ0v) is 14.0. The number of nitrogens with zero attached hydrogens (tertiary/aromatic N) is 3. The lowest BCUT2D eigenvalue weighted by atomic mass is 9.95. The lowest BCUT2D eigenvalue weighted by molar-refractivity contribution is -0.122. The van der Waals surface area contributed by atoms with E-state index in [1.165, 1.54) is 0 Å². The van der Waals surface area contributed by atoms with E-state index in [0.29, 0.717) is 6.42 Å². The van der Waals surface area contributed by atoms with Crippen LogP contribution in [0.15, 0.2) is 0 Å². The molecular formula is C15H33N5O. The number of rotatable bonds is 9. The number of amides is 1. The molecule has 0 aromatic heterocycles. The van der Waals surface area contributed by atoms with E-state index < -0.39 is 11.4 Å². The zero-order chi connectivity index (χ0) is 15.9. The van der Waals surface area contributed by atoms with Crippen molar-refractivity contribution in [3.63, 3.8) is 0 Å². The van der Waals surface area contributed by atoms with Gasteiger partial charge in [0.2, 0.25) is 5.91 Å². The molecule has 1 amide bonds. The Morgan fingerprint density at radius 3 is 2.10 bits per heavy atom. The van der Waals surface area contributed by atoms with E-state index in [0.717, 1.165) is 58.7 Å². The largest absolute Gasteiger partial charge is 0.368 e. The molecule has 1 aliphatic heterocycles. The van der Waals surface area contributed by atoms with Crippen LogP contribution in [0.5, 0.6) is 0 Å². The fourth-order valence-corrected chi connectivity index (χ4v) is 2.53. The van der Waals surface area contributed by atoms with Crippen LogP contribution >= 0.6 is 0 Å². The highest BCUT2D eigenvalue weighted by molar-refractivity contribution is 5.83. The molecule has 0 saturated carbocycles. The summed E-state index contributed by atoms with van der Waals surface area (Å²) in [6.45, 7) is 9.70. The molecular weight excluding hydrogens is 266 g/mol. The second-order valence-corrected chi connectivity index (χ2v) is 6.73. The average molecular weight is 299 g/mol. The SMILES string of the molecule is CN(C)CCN1CCN(CCCCC(C)(N)C(N)=O)CC1. The summed E-state index contributed by atoms with van der Waals surface area (Å²) in [5.41, 5.74) is 10.3. The number of piperazine rings is 1. The van der Waals surface area contributed by atoms with Crippen molar-refractivity contribution in [3.05, 3.63) is 0 Å². The van der Waals surface area contributed by atoms with Crippen molar-refractivity contribution in [1.29, 1.82) is 0 Å². The number of carbonyl (C=O) groups excluding carboxylic acids is 1. The minimum Gasteiger partial charge on any atom is -0.368 e. The predicted molar refractivity (Wildman–Crippen MR) is 87.1 cm³/mol. The maximum atomic E-state index is 11.1. The number of unbranched alkanes of at least 4 members (excludes halogenated alkanes) is 1. The van der Waals surface area contributed by atoms with Gasteiger partial charge in [0.05, 0.1) is 5.54 Å². The molecule has 6 nitrogen and oxygen atoms in total. The van der Waals surface area contributed by atoms with Crippen LogP contribution < -0.4 is 11.5 Å². The maximum absolute atomic E-state index is 11.1. The second-order valence-electron chi connectivity index (χ2n) is 6.73. The molecule has 1 fully saturated rings. The minimum absolute atomic E-state index is 0.406. The van der Waals surface area contributed by atoms with Crippen molar-refractivity contribution in [2.24, 2.45) is 11.5 Å². The van der Waals surface area contributed by atoms with E-state index in [4.69, 9.17) is 11.5 Å². The molecule has 0 aromatic rings. The summed E-state index contributed by atoms with van der Waals surface area (Å²) < 4.78 is 0. The first-order valence-corrected chi connectivity index (χ1v) is 7.99. The normalized spacial score (nSPS) is 20.6. The molecule has 0 radical (unpaired) electrons. The van der Waals surface area contributed by atoms with Crippen LogP contribution in [-0.2, 0) is 4.79 Å². The topological polar surface area (TPSA) is 78.8 Å². The Hall–Kier alpha value is -0.690. The van der Waals surface area contributed by atoms with Crippen molar-refractivity contribution in [2.45, 2.75) is 31.7 Å². The number of likely N-dealkylation sites (N-methyl/N-ethyl adjacent to an activating group) is 1. The zero-order valence-electron chi connectivity index (χ0n) is 14.0. The van der Waals surface area contributed by atoms with Crippen molar-refractivity contribution >= 4 is 5.91 Å². The average Bonchev–Trinajstić information content (AvgIpc) is 2.42. The van der Waals surface area contributed by atoms with Crippen molar-refractivity contribution in [1.82, 2.24) is 14.7 Å². The summed E-state index contributed by atoms with van der Waals surface area (Å²) >= 11 is 0. The number of nitrogens with two attached hydrogens (primary N) is 2. The Morgan fingerprint density at radius 2 is 1.62 bits per heavy atom. The molecule has 0 aliphatic carbocycles. The fourth-order valence-electron chi connectivity index (χ4n) is 2.53. The lowest BCUT2D eigenvalue weighted by Crippen LogP contribution is -2.49. The van der Waals surface area contributed by atoms with E-state index in [9.17, 15) is 4.79 Å². The van der Waals surface area contributed by atoms with Crippen LogP contribution in [0.1, 0.15) is 26.2 Å². The van der Waals surface area contributed by atoms with Crippen LogP contribution in [0.4, 0.5) is 0 Å². The third-order valence-corrected chi connectivity index (χ3v) is 4.31. The van der Waals surface area contributed by atoms with E-state index >= 15 is 0 Å². The van der Waals surface area contributed by atoms with Crippen LogP contribution in [0.2, 0.25) is 0 Å². The third-order valence-electron chi connectivity index (χ3n) is 4.31. The first-order chi connectivity index (χ1) is 9.81. The molecule has 0 spiro atoms. The van der Waals surface area contributed by atoms with E-state index in [2.05, 4.69) is 28.8 Å². The Kier molecular flexibility index (Phi) is 7.59. The molecule has 1 aliphatic rings. The highest BCUT2D eigenvalue weighted by Gasteiger charge is 2.24. The van der Waals surface area contributed by atoms with Gasteiger partial charge in [-0.05, 0) is 46.8 Å². The minimum atomic E-state index is -0.856. The highest BCUT2D eigenvalue weighted by atomic mass is 16.1. The molecule has 1 heterocycles. The monoisotopic (exact) mass is 299 g/mol. The molecule has 1 rings (SSSR count). The standard InChI is InChI=1S/C15H33N5O/c1-15(17,14(16)21)6-4-5-7-19-10-12-20(13-11-19)9-8-18(2)3/h4-13,17H2,1-3H3,(H2,16,21). The summed E-state index contributed by atoms with van der Waals surface area (Å²) in [6, 6.07) is 0. The predicted octanol–water partition coefficient (Wildman–Crippen LogP) is -0.461. The van der Waals surface area contributed by atoms with E-state index in [1.807, 2.05) is 0 Å². The molecule has 1 saturated heterocycles. The van der Waals surface area contributed by atoms with Gasteiger partial charge >= 0.3 is 0 Å². The Morgan fingerprint density at radius 1 is 1.10 bits per heavy atom. The molecule has 1 unspecified atom stereocenters. The van der Waals surface area contributed by atoms with E-state index in [1.54, 1.807) is 6.92 Å². The smallest absolute Gasteiger partial charge is 0.237 e. The summed E-state index contributed by atoms with van der Waals surface area (Å²) in [5.74, 6) is -0.406. The quantitative estimate of drug-likeness (QED) is 0.563. The van der Waals surface area contributed by atoms with Gasteiger partial charge in [0, 0.05) is 39.3 Å². The molecule has 124 valence electrons. The summed E-state index contributed by atoms with van der Waals surface area (Å²) in [4.78, 5) is 18.4. The number of primary amides is 1. The van der Waals surface area contributed by atoms with Gasteiger partial charge in [-0.25, -0.2) is 0 Å². The van der Waals surface area contributed by atoms with Gasteiger partial charge in [-0.1, -0.05) is 0 Å². The molecule has 6 heteroatoms. The van der Waals surface area contributed by atoms with Crippen LogP contribution in [0.25, 0.3) is 0 Å². The van der Waals surface area contributed by atoms with Crippen molar-refractivity contribution < 1.29 is 4.79 Å². The van der Waals surface area contributed by atoms with Crippen molar-refractivity contribution in [2.75, 3.05) is 59.9 Å². The lowest BCUT2D eigenvalue weighted by Gasteiger charge is -2.35. The molecule has 4 N–H and O–H groups in total. The Balaban J connectivity index is 2.09. The molecule has 21 heavy (non-hydrogen) atoms. The summed E-state index contributed by atoms with van der Waals surface area (Å²) in [7, 11) is 4.24. The third kappa shape index (κ3) is 7.22. The highest BCUT2D eigenvalue weighted by Crippen LogP contribution is 2.11. The molecule has 0 bridgehead atoms. The van der Waals surface area contributed by atoms with Gasteiger partial charge in [-0.3, -0.25) is 9.69 Å². The van der Waals surface area contributed by atoms with Gasteiger partial charge in [-0.15, -0.1) is 0 Å². The van der Waals surface area contributed by atoms with Gasteiger partial charge < -0.3 is 21.3 Å². The summed E-state index contributed by atoms with van der Waals surface area (Å²) in [6.07, 6.45) is 2.71. The number of hydrogen-bond acceptors (Lipinski definition) is 5. The first kappa shape index (κ1) is 18.4. The molecule has 1 atom stereocenters. The van der Waals surface area contributed by atoms with Gasteiger partial charge in [0.1, 0.15) is 0 Å². The van der Waals surface area contributed by atoms with Gasteiger partial charge in [0.15, 0.2) is 0 Å². The second kappa shape index (κ2) is 8.68. The molecule has 0 aromatic carbocycles. The Labute approximate surface area is 129 Å². The summed E-state index contributed by atoms with van der Waals surface area (Å²) in [5, 5.41) is 0. The van der Waals surface area contributed by atoms with Gasteiger partial charge in [-0.2, -0.15) is 0 Å². The van der Waals surface area contributed by atoms with Crippen molar-refractivity contribution in [3.8, 4) is 0 Å². The number of carbonyl (C=O) groups is 1. The fraction of sp³-hybridized carbons (Fsp3) is 0.933. The van der Waals surface area contributed by atoms with E-state index in [-0.39, 0.29) is 0 Å². The maximum Gasteiger partial charge on any atom is 0.237 e. The van der Waals surface area contributed by atoms with Crippen LogP contribution in [0.3, 0.4) is 0 Å². The Bertz CT molecular complexity index is 311. The van der Waals surface area contributed by atoms with Crippen LogP contribution in [0, 0.1) is 0 Å². The first-order valence-electron chi connectivity index (χ1n) is 7.99.